The largest absolute Gasteiger partial charge is 0.371 e. The maximum absolute atomic E-state index is 14.0. The fourth-order valence-electron chi connectivity index (χ4n) is 2.15. The van der Waals surface area contributed by atoms with Gasteiger partial charge >= 0.3 is 0 Å². The van der Waals surface area contributed by atoms with Crippen LogP contribution in [0.15, 0.2) is 18.2 Å². The van der Waals surface area contributed by atoms with Gasteiger partial charge in [0.2, 0.25) is 5.91 Å². The summed E-state index contributed by atoms with van der Waals surface area (Å²) in [6.45, 7) is 2.89. The van der Waals surface area contributed by atoms with Crippen molar-refractivity contribution in [2.24, 2.45) is 5.92 Å². The van der Waals surface area contributed by atoms with E-state index in [0.717, 1.165) is 5.56 Å². The number of anilines is 1. The maximum Gasteiger partial charge on any atom is 0.224 e. The van der Waals surface area contributed by atoms with E-state index in [2.05, 4.69) is 10.6 Å². The van der Waals surface area contributed by atoms with E-state index >= 15 is 0 Å². The topological polar surface area (TPSA) is 44.4 Å². The molecule has 106 valence electrons. The van der Waals surface area contributed by atoms with Crippen LogP contribution in [0.4, 0.5) is 10.1 Å². The van der Waals surface area contributed by atoms with Gasteiger partial charge in [0.15, 0.2) is 0 Å². The molecule has 0 fully saturated rings. The van der Waals surface area contributed by atoms with Crippen LogP contribution in [-0.2, 0) is 11.3 Å². The second kappa shape index (κ2) is 7.09. The van der Waals surface area contributed by atoms with Crippen LogP contribution in [0.2, 0.25) is 0 Å². The smallest absolute Gasteiger partial charge is 0.224 e. The van der Waals surface area contributed by atoms with Crippen molar-refractivity contribution in [3.05, 3.63) is 29.6 Å². The Kier molecular flexibility index (Phi) is 5.76. The van der Waals surface area contributed by atoms with Gasteiger partial charge in [-0.05, 0) is 18.7 Å². The summed E-state index contributed by atoms with van der Waals surface area (Å²) in [5.74, 6) is -0.505. The molecule has 0 aromatic heterocycles. The highest BCUT2D eigenvalue weighted by Gasteiger charge is 2.18. The molecule has 0 spiro atoms. The fraction of sp³-hybridized carbons (Fsp3) is 0.500. The lowest BCUT2D eigenvalue weighted by molar-refractivity contribution is -0.123. The lowest BCUT2D eigenvalue weighted by Gasteiger charge is -2.25. The van der Waals surface area contributed by atoms with Gasteiger partial charge in [-0.2, -0.15) is 0 Å². The second-order valence-corrected chi connectivity index (χ2v) is 4.67. The van der Waals surface area contributed by atoms with E-state index in [1.54, 1.807) is 25.1 Å². The van der Waals surface area contributed by atoms with Crippen LogP contribution in [0.1, 0.15) is 12.5 Å². The quantitative estimate of drug-likeness (QED) is 0.818. The van der Waals surface area contributed by atoms with Crippen LogP contribution in [0.25, 0.3) is 0 Å². The van der Waals surface area contributed by atoms with Crippen LogP contribution in [0.5, 0.6) is 0 Å². The average Bonchev–Trinajstić information content (AvgIpc) is 2.38. The molecular formula is C14H22FN3O. The molecule has 4 nitrogen and oxygen atoms in total. The van der Waals surface area contributed by atoms with Gasteiger partial charge in [0, 0.05) is 27.2 Å². The van der Waals surface area contributed by atoms with Gasteiger partial charge in [-0.3, -0.25) is 4.79 Å². The molecule has 19 heavy (non-hydrogen) atoms. The predicted octanol–water partition coefficient (Wildman–Crippen LogP) is 1.36. The second-order valence-electron chi connectivity index (χ2n) is 4.67. The Hall–Kier alpha value is -1.62. The summed E-state index contributed by atoms with van der Waals surface area (Å²) in [7, 11) is 5.23. The monoisotopic (exact) mass is 267 g/mol. The van der Waals surface area contributed by atoms with Gasteiger partial charge in [0.05, 0.1) is 11.6 Å². The van der Waals surface area contributed by atoms with Crippen molar-refractivity contribution >= 4 is 11.6 Å². The zero-order valence-electron chi connectivity index (χ0n) is 12.0. The van der Waals surface area contributed by atoms with E-state index in [1.165, 1.54) is 6.07 Å². The molecule has 1 rings (SSSR count). The molecular weight excluding hydrogens is 245 g/mol. The van der Waals surface area contributed by atoms with E-state index in [0.29, 0.717) is 18.8 Å². The molecule has 0 saturated carbocycles. The van der Waals surface area contributed by atoms with Crippen molar-refractivity contribution < 1.29 is 9.18 Å². The Balaban J connectivity index is 2.92. The number of nitrogens with one attached hydrogen (secondary N) is 2. The molecule has 1 amide bonds. The zero-order chi connectivity index (χ0) is 14.4. The number of benzene rings is 1. The molecule has 5 heteroatoms. The van der Waals surface area contributed by atoms with Crippen LogP contribution in [0, 0.1) is 11.7 Å². The van der Waals surface area contributed by atoms with Crippen molar-refractivity contribution in [1.29, 1.82) is 0 Å². The molecule has 0 radical (unpaired) electrons. The average molecular weight is 267 g/mol. The summed E-state index contributed by atoms with van der Waals surface area (Å²) in [4.78, 5) is 13.3. The highest BCUT2D eigenvalue weighted by atomic mass is 19.1. The minimum Gasteiger partial charge on any atom is -0.371 e. The van der Waals surface area contributed by atoms with Gasteiger partial charge in [0.25, 0.3) is 0 Å². The molecule has 0 saturated heterocycles. The zero-order valence-corrected chi connectivity index (χ0v) is 12.0. The normalized spacial score (nSPS) is 12.1. The Morgan fingerprint density at radius 3 is 2.68 bits per heavy atom. The van der Waals surface area contributed by atoms with Crippen molar-refractivity contribution in [3.8, 4) is 0 Å². The summed E-state index contributed by atoms with van der Waals surface area (Å²) in [6, 6.07) is 5.02. The summed E-state index contributed by atoms with van der Waals surface area (Å²) in [6.07, 6.45) is 0. The van der Waals surface area contributed by atoms with Crippen LogP contribution in [-0.4, -0.2) is 33.6 Å². The number of rotatable bonds is 6. The van der Waals surface area contributed by atoms with Gasteiger partial charge in [-0.1, -0.05) is 19.1 Å². The minimum absolute atomic E-state index is 0.0432. The summed E-state index contributed by atoms with van der Waals surface area (Å²) in [5, 5.41) is 5.63. The molecule has 0 aliphatic heterocycles. The lowest BCUT2D eigenvalue weighted by Crippen LogP contribution is -2.35. The molecule has 1 aromatic carbocycles. The Morgan fingerprint density at radius 1 is 1.42 bits per heavy atom. The van der Waals surface area contributed by atoms with Crippen LogP contribution < -0.4 is 15.5 Å². The maximum atomic E-state index is 14.0. The number of amides is 1. The van der Waals surface area contributed by atoms with E-state index in [1.807, 2.05) is 20.0 Å². The van der Waals surface area contributed by atoms with Crippen LogP contribution in [0.3, 0.4) is 0 Å². The number of carbonyl (C=O) groups is 1. The van der Waals surface area contributed by atoms with Gasteiger partial charge in [-0.25, -0.2) is 4.39 Å². The highest BCUT2D eigenvalue weighted by molar-refractivity contribution is 5.78. The first-order valence-electron chi connectivity index (χ1n) is 6.36. The Labute approximate surface area is 114 Å². The van der Waals surface area contributed by atoms with Crippen molar-refractivity contribution in [3.63, 3.8) is 0 Å². The van der Waals surface area contributed by atoms with Crippen molar-refractivity contribution in [2.75, 3.05) is 32.6 Å². The molecule has 0 bridgehead atoms. The Bertz CT molecular complexity index is 437. The fourth-order valence-corrected chi connectivity index (χ4v) is 2.15. The summed E-state index contributed by atoms with van der Waals surface area (Å²) >= 11 is 0. The number of carbonyl (C=O) groups excluding carboxylic acids is 1. The first-order chi connectivity index (χ1) is 9.01. The highest BCUT2D eigenvalue weighted by Crippen LogP contribution is 2.24. The van der Waals surface area contributed by atoms with Gasteiger partial charge in [-0.15, -0.1) is 0 Å². The molecule has 1 aromatic rings. The number of nitrogens with zero attached hydrogens (tertiary/aromatic N) is 1. The van der Waals surface area contributed by atoms with E-state index in [9.17, 15) is 9.18 Å². The number of para-hydroxylation sites is 1. The third-order valence-corrected chi connectivity index (χ3v) is 3.06. The molecule has 0 aliphatic rings. The molecule has 1 atom stereocenters. The Morgan fingerprint density at radius 2 is 2.11 bits per heavy atom. The molecule has 0 aliphatic carbocycles. The first kappa shape index (κ1) is 15.4. The first-order valence-corrected chi connectivity index (χ1v) is 6.36. The lowest BCUT2D eigenvalue weighted by atomic mass is 10.1. The van der Waals surface area contributed by atoms with Gasteiger partial charge in [0.1, 0.15) is 5.82 Å². The number of halogens is 1. The standard InChI is InChI=1S/C14H22FN3O/c1-10(14(19)17-3)9-18(4)13-11(8-16-2)6-5-7-12(13)15/h5-7,10,16H,8-9H2,1-4H3,(H,17,19). The molecule has 0 heterocycles. The van der Waals surface area contributed by atoms with E-state index in [4.69, 9.17) is 0 Å². The van der Waals surface area contributed by atoms with Gasteiger partial charge < -0.3 is 15.5 Å². The third-order valence-electron chi connectivity index (χ3n) is 3.06. The third kappa shape index (κ3) is 3.92. The molecule has 2 N–H and O–H groups in total. The van der Waals surface area contributed by atoms with Crippen molar-refractivity contribution in [2.45, 2.75) is 13.5 Å². The summed E-state index contributed by atoms with van der Waals surface area (Å²) in [5.41, 5.74) is 1.43. The van der Waals surface area contributed by atoms with Crippen molar-refractivity contribution in [1.82, 2.24) is 10.6 Å². The SMILES string of the molecule is CNCc1cccc(F)c1N(C)CC(C)C(=O)NC. The van der Waals surface area contributed by atoms with E-state index in [-0.39, 0.29) is 17.6 Å². The molecule has 1 unspecified atom stereocenters. The van der Waals surface area contributed by atoms with Crippen LogP contribution >= 0.6 is 0 Å². The minimum atomic E-state index is -0.264. The predicted molar refractivity (Wildman–Crippen MR) is 75.7 cm³/mol. The number of hydrogen-bond acceptors (Lipinski definition) is 3. The summed E-state index contributed by atoms with van der Waals surface area (Å²) < 4.78 is 14.0. The number of hydrogen-bond donors (Lipinski definition) is 2. The van der Waals surface area contributed by atoms with E-state index < -0.39 is 0 Å².